The lowest BCUT2D eigenvalue weighted by molar-refractivity contribution is 0.0646. The van der Waals surface area contributed by atoms with Gasteiger partial charge in [-0.25, -0.2) is 9.37 Å². The number of carbonyl (C=O) groups excluding carboxylic acids is 2. The molecule has 4 heterocycles. The molecule has 42 heavy (non-hydrogen) atoms. The maximum Gasteiger partial charge on any atom is 0.271 e. The van der Waals surface area contributed by atoms with Gasteiger partial charge < -0.3 is 15.2 Å². The van der Waals surface area contributed by atoms with Crippen molar-refractivity contribution in [2.24, 2.45) is 5.92 Å². The Morgan fingerprint density at radius 2 is 1.86 bits per heavy atom. The minimum absolute atomic E-state index is 0.00830. The minimum atomic E-state index is -0.369. The monoisotopic (exact) mass is 565 g/mol. The van der Waals surface area contributed by atoms with Gasteiger partial charge in [0.05, 0.1) is 11.7 Å². The molecule has 214 valence electrons. The Morgan fingerprint density at radius 3 is 2.62 bits per heavy atom. The highest BCUT2D eigenvalue weighted by molar-refractivity contribution is 5.99. The van der Waals surface area contributed by atoms with Crippen molar-refractivity contribution in [2.45, 2.75) is 33.2 Å². The average molecular weight is 566 g/mol. The molecule has 6 rings (SSSR count). The number of benzene rings is 2. The van der Waals surface area contributed by atoms with E-state index in [0.29, 0.717) is 48.7 Å². The summed E-state index contributed by atoms with van der Waals surface area (Å²) in [5.74, 6) is -0.234. The number of rotatable bonds is 8. The smallest absolute Gasteiger partial charge is 0.271 e. The number of hydrogen-bond acceptors (Lipinski definition) is 6. The summed E-state index contributed by atoms with van der Waals surface area (Å²) < 4.78 is 13.2. The highest BCUT2D eigenvalue weighted by Gasteiger charge is 2.29. The Bertz CT molecular complexity index is 1750. The number of nitrogens with zero attached hydrogens (tertiary/aromatic N) is 4. The van der Waals surface area contributed by atoms with Crippen molar-refractivity contribution in [1.29, 1.82) is 0 Å². The van der Waals surface area contributed by atoms with E-state index >= 15 is 0 Å². The van der Waals surface area contributed by atoms with E-state index in [9.17, 15) is 14.0 Å². The van der Waals surface area contributed by atoms with Gasteiger partial charge in [-0.05, 0) is 79.4 Å². The molecule has 0 spiro atoms. The van der Waals surface area contributed by atoms with Crippen LogP contribution in [0.3, 0.4) is 0 Å². The molecule has 3 N–H and O–H groups in total. The first-order chi connectivity index (χ1) is 20.4. The number of H-pyrrole nitrogens is 2. The molecule has 1 aliphatic rings. The number of fused-ring (bicyclic) bond motifs is 1. The van der Waals surface area contributed by atoms with Gasteiger partial charge in [-0.2, -0.15) is 5.10 Å². The molecule has 0 bridgehead atoms. The standard InChI is InChI=1S/C32H32FN7O2/c1-3-34-15-23-16-35-17-26(19(23)2)22-6-9-27-25(14-22)29(39-38-27)31-36-18-28(37-31)32(42)40-12-10-21(11-13-40)30(41)20-4-7-24(33)8-5-20/h4-9,14,16-18,21,34H,3,10-13,15H2,1-2H3,(H,36,37)(H,38,39). The van der Waals surface area contributed by atoms with Gasteiger partial charge in [0.1, 0.15) is 17.2 Å². The van der Waals surface area contributed by atoms with Crippen molar-refractivity contribution in [3.8, 4) is 22.6 Å². The lowest BCUT2D eigenvalue weighted by Crippen LogP contribution is -2.40. The minimum Gasteiger partial charge on any atom is -0.337 e. The van der Waals surface area contributed by atoms with Gasteiger partial charge in [0, 0.05) is 54.5 Å². The van der Waals surface area contributed by atoms with Gasteiger partial charge in [-0.1, -0.05) is 13.0 Å². The van der Waals surface area contributed by atoms with Crippen molar-refractivity contribution in [2.75, 3.05) is 19.6 Å². The summed E-state index contributed by atoms with van der Waals surface area (Å²) in [4.78, 5) is 40.0. The summed E-state index contributed by atoms with van der Waals surface area (Å²) in [6, 6.07) is 11.7. The first kappa shape index (κ1) is 27.5. The molecule has 9 nitrogen and oxygen atoms in total. The lowest BCUT2D eigenvalue weighted by atomic mass is 9.89. The van der Waals surface area contributed by atoms with Gasteiger partial charge in [-0.15, -0.1) is 0 Å². The summed E-state index contributed by atoms with van der Waals surface area (Å²) in [5, 5.41) is 11.8. The number of imidazole rings is 1. The second-order valence-electron chi connectivity index (χ2n) is 10.7. The molecule has 1 fully saturated rings. The van der Waals surface area contributed by atoms with Crippen LogP contribution in [0.15, 0.2) is 61.1 Å². The van der Waals surface area contributed by atoms with Gasteiger partial charge in [0.25, 0.3) is 5.91 Å². The van der Waals surface area contributed by atoms with Gasteiger partial charge in [0.15, 0.2) is 11.6 Å². The van der Waals surface area contributed by atoms with Crippen molar-refractivity contribution in [3.63, 3.8) is 0 Å². The van der Waals surface area contributed by atoms with Gasteiger partial charge >= 0.3 is 0 Å². The van der Waals surface area contributed by atoms with Crippen LogP contribution in [-0.2, 0) is 6.54 Å². The van der Waals surface area contributed by atoms with Crippen LogP contribution in [0.1, 0.15) is 51.7 Å². The van der Waals surface area contributed by atoms with Crippen LogP contribution in [-0.4, -0.2) is 61.4 Å². The maximum atomic E-state index is 13.3. The Morgan fingerprint density at radius 1 is 1.07 bits per heavy atom. The third-order valence-corrected chi connectivity index (χ3v) is 8.07. The van der Waals surface area contributed by atoms with E-state index in [1.54, 1.807) is 4.90 Å². The zero-order valence-corrected chi connectivity index (χ0v) is 23.6. The molecular weight excluding hydrogens is 533 g/mol. The number of aromatic amines is 2. The van der Waals surface area contributed by atoms with E-state index in [2.05, 4.69) is 50.4 Å². The third kappa shape index (κ3) is 5.33. The maximum absolute atomic E-state index is 13.3. The zero-order valence-electron chi connectivity index (χ0n) is 23.6. The van der Waals surface area contributed by atoms with E-state index in [0.717, 1.165) is 40.7 Å². The van der Waals surface area contributed by atoms with E-state index in [4.69, 9.17) is 0 Å². The van der Waals surface area contributed by atoms with Crippen LogP contribution in [0, 0.1) is 18.7 Å². The number of ketones is 1. The number of pyridine rings is 1. The van der Waals surface area contributed by atoms with Crippen molar-refractivity contribution >= 4 is 22.6 Å². The summed E-state index contributed by atoms with van der Waals surface area (Å²) in [6.07, 6.45) is 6.43. The van der Waals surface area contributed by atoms with Crippen LogP contribution >= 0.6 is 0 Å². The fourth-order valence-corrected chi connectivity index (χ4v) is 5.57. The first-order valence-corrected chi connectivity index (χ1v) is 14.2. The largest absolute Gasteiger partial charge is 0.337 e. The van der Waals surface area contributed by atoms with Crippen molar-refractivity contribution in [1.82, 2.24) is 35.4 Å². The molecule has 0 unspecified atom stereocenters. The molecule has 2 aromatic carbocycles. The summed E-state index contributed by atoms with van der Waals surface area (Å²) in [7, 11) is 0. The number of likely N-dealkylation sites (tertiary alicyclic amines) is 1. The molecule has 0 saturated carbocycles. The Hall–Kier alpha value is -4.70. The zero-order chi connectivity index (χ0) is 29.2. The summed E-state index contributed by atoms with van der Waals surface area (Å²) >= 11 is 0. The number of halogens is 1. The van der Waals surface area contributed by atoms with Crippen molar-refractivity contribution < 1.29 is 14.0 Å². The van der Waals surface area contributed by atoms with E-state index < -0.39 is 0 Å². The third-order valence-electron chi connectivity index (χ3n) is 8.07. The number of Topliss-reactive ketones (excluding diaryl/α,β-unsaturated/α-hetero) is 1. The molecule has 3 aromatic heterocycles. The molecule has 0 atom stereocenters. The molecule has 1 amide bonds. The molecule has 5 aromatic rings. The molecular formula is C32H32FN7O2. The molecule has 1 aliphatic heterocycles. The van der Waals surface area contributed by atoms with Crippen LogP contribution in [0.4, 0.5) is 4.39 Å². The number of amides is 1. The van der Waals surface area contributed by atoms with Crippen LogP contribution in [0.2, 0.25) is 0 Å². The van der Waals surface area contributed by atoms with Crippen LogP contribution < -0.4 is 5.32 Å². The fraction of sp³-hybridized carbons (Fsp3) is 0.281. The predicted octanol–water partition coefficient (Wildman–Crippen LogP) is 5.31. The van der Waals surface area contributed by atoms with Crippen molar-refractivity contribution in [3.05, 3.63) is 89.3 Å². The van der Waals surface area contributed by atoms with Gasteiger partial charge in [-0.3, -0.25) is 19.7 Å². The normalized spacial score (nSPS) is 14.0. The number of nitrogens with one attached hydrogen (secondary N) is 3. The lowest BCUT2D eigenvalue weighted by Gasteiger charge is -2.31. The molecule has 10 heteroatoms. The number of aromatic nitrogens is 5. The molecule has 0 radical (unpaired) electrons. The highest BCUT2D eigenvalue weighted by Crippen LogP contribution is 2.32. The van der Waals surface area contributed by atoms with E-state index in [-0.39, 0.29) is 23.4 Å². The van der Waals surface area contributed by atoms with Crippen LogP contribution in [0.5, 0.6) is 0 Å². The fourth-order valence-electron chi connectivity index (χ4n) is 5.57. The Kier molecular flexibility index (Phi) is 7.62. The second-order valence-corrected chi connectivity index (χ2v) is 10.7. The Balaban J connectivity index is 1.18. The number of carbonyl (C=O) groups is 2. The number of hydrogen-bond donors (Lipinski definition) is 3. The van der Waals surface area contributed by atoms with E-state index in [1.807, 2.05) is 24.5 Å². The Labute approximate surface area is 242 Å². The predicted molar refractivity (Wildman–Crippen MR) is 158 cm³/mol. The summed E-state index contributed by atoms with van der Waals surface area (Å²) in [5.41, 5.74) is 6.76. The van der Waals surface area contributed by atoms with E-state index in [1.165, 1.54) is 36.0 Å². The topological polar surface area (TPSA) is 120 Å². The highest BCUT2D eigenvalue weighted by atomic mass is 19.1. The van der Waals surface area contributed by atoms with Gasteiger partial charge in [0.2, 0.25) is 0 Å². The quantitative estimate of drug-likeness (QED) is 0.220. The molecule has 1 saturated heterocycles. The van der Waals surface area contributed by atoms with Crippen LogP contribution in [0.25, 0.3) is 33.5 Å². The first-order valence-electron chi connectivity index (χ1n) is 14.2. The second kappa shape index (κ2) is 11.7. The molecule has 0 aliphatic carbocycles. The average Bonchev–Trinajstić information content (AvgIpc) is 3.67. The number of piperidine rings is 1. The summed E-state index contributed by atoms with van der Waals surface area (Å²) in [6.45, 7) is 6.75. The SMILES string of the molecule is CCNCc1cncc(-c2ccc3[nH]nc(-c4ncc(C(=O)N5CCC(C(=O)c6ccc(F)cc6)CC5)[nH]4)c3c2)c1C.